The smallest absolute Gasteiger partial charge is 0.323 e. The van der Waals surface area contributed by atoms with Gasteiger partial charge in [-0.25, -0.2) is 4.79 Å². The lowest BCUT2D eigenvalue weighted by molar-refractivity contribution is -0.124. The summed E-state index contributed by atoms with van der Waals surface area (Å²) in [7, 11) is 5.41. The molecule has 0 aromatic carbocycles. The number of imide groups is 1. The van der Waals surface area contributed by atoms with Crippen LogP contribution in [0.25, 0.3) is 0 Å². The van der Waals surface area contributed by atoms with Crippen LogP contribution in [0.3, 0.4) is 0 Å². The molecule has 0 saturated carbocycles. The van der Waals surface area contributed by atoms with Crippen molar-refractivity contribution < 1.29 is 9.59 Å². The van der Waals surface area contributed by atoms with E-state index in [-0.39, 0.29) is 24.3 Å². The van der Waals surface area contributed by atoms with Crippen molar-refractivity contribution in [1.82, 2.24) is 15.1 Å². The molecule has 0 bridgehead atoms. The second-order valence-electron chi connectivity index (χ2n) is 3.47. The van der Waals surface area contributed by atoms with Gasteiger partial charge in [-0.05, 0) is 27.1 Å². The fourth-order valence-corrected chi connectivity index (χ4v) is 0.852. The molecule has 0 unspecified atom stereocenters. The molecule has 0 rings (SSSR count). The molecule has 0 aliphatic heterocycles. The van der Waals surface area contributed by atoms with Crippen LogP contribution in [0.15, 0.2) is 0 Å². The van der Waals surface area contributed by atoms with E-state index in [1.54, 1.807) is 0 Å². The molecule has 0 aromatic heterocycles. The standard InChI is InChI=1S/C9H19N3O2.ClH/c1-8(13)12(4)9(14)10-6-5-7-11(2)3;/h5-7H2,1-4H3,(H,10,14);1H. The highest BCUT2D eigenvalue weighted by atomic mass is 35.5. The molecular formula is C9H20ClN3O2. The van der Waals surface area contributed by atoms with Gasteiger partial charge >= 0.3 is 6.03 Å². The van der Waals surface area contributed by atoms with Crippen LogP contribution in [-0.2, 0) is 4.79 Å². The molecule has 0 atom stereocenters. The predicted octanol–water partition coefficient (Wildman–Crippen LogP) is 0.548. The summed E-state index contributed by atoms with van der Waals surface area (Å²) in [6, 6.07) is -0.337. The second-order valence-corrected chi connectivity index (χ2v) is 3.47. The molecule has 5 nitrogen and oxygen atoms in total. The van der Waals surface area contributed by atoms with Gasteiger partial charge in [0.05, 0.1) is 0 Å². The largest absolute Gasteiger partial charge is 0.338 e. The first-order valence-electron chi connectivity index (χ1n) is 4.62. The van der Waals surface area contributed by atoms with E-state index in [0.717, 1.165) is 17.9 Å². The van der Waals surface area contributed by atoms with Gasteiger partial charge < -0.3 is 10.2 Å². The Hall–Kier alpha value is -0.810. The molecule has 90 valence electrons. The van der Waals surface area contributed by atoms with Crippen LogP contribution in [-0.4, -0.2) is 56.0 Å². The molecule has 0 aliphatic carbocycles. The van der Waals surface area contributed by atoms with Crippen LogP contribution in [0.2, 0.25) is 0 Å². The average molecular weight is 238 g/mol. The maximum Gasteiger partial charge on any atom is 0.323 e. The van der Waals surface area contributed by atoms with Crippen LogP contribution in [0.4, 0.5) is 4.79 Å². The van der Waals surface area contributed by atoms with Gasteiger partial charge in [0.25, 0.3) is 0 Å². The van der Waals surface area contributed by atoms with E-state index in [1.165, 1.54) is 14.0 Å². The highest BCUT2D eigenvalue weighted by molar-refractivity contribution is 5.92. The molecule has 6 heteroatoms. The normalized spacial score (nSPS) is 9.40. The number of carbonyl (C=O) groups excluding carboxylic acids is 2. The maximum atomic E-state index is 11.2. The zero-order valence-corrected chi connectivity index (χ0v) is 10.6. The van der Waals surface area contributed by atoms with E-state index in [0.29, 0.717) is 6.54 Å². The molecule has 0 saturated heterocycles. The van der Waals surface area contributed by atoms with Crippen molar-refractivity contribution in [1.29, 1.82) is 0 Å². The Balaban J connectivity index is 0. The SMILES string of the molecule is CC(=O)N(C)C(=O)NCCCN(C)C.Cl. The summed E-state index contributed by atoms with van der Waals surface area (Å²) in [5.41, 5.74) is 0. The van der Waals surface area contributed by atoms with Gasteiger partial charge in [0.1, 0.15) is 0 Å². The minimum atomic E-state index is -0.337. The number of nitrogens with one attached hydrogen (secondary N) is 1. The third-order valence-corrected chi connectivity index (χ3v) is 1.84. The van der Waals surface area contributed by atoms with Crippen LogP contribution >= 0.6 is 12.4 Å². The van der Waals surface area contributed by atoms with Crippen molar-refractivity contribution in [3.63, 3.8) is 0 Å². The zero-order chi connectivity index (χ0) is 11.1. The topological polar surface area (TPSA) is 52.7 Å². The van der Waals surface area contributed by atoms with Crippen molar-refractivity contribution in [2.75, 3.05) is 34.2 Å². The molecule has 0 radical (unpaired) electrons. The molecule has 1 N–H and O–H groups in total. The Bertz CT molecular complexity index is 210. The molecule has 0 aliphatic rings. The summed E-state index contributed by atoms with van der Waals surface area (Å²) < 4.78 is 0. The monoisotopic (exact) mass is 237 g/mol. The Morgan fingerprint density at radius 1 is 1.20 bits per heavy atom. The van der Waals surface area contributed by atoms with E-state index in [9.17, 15) is 9.59 Å². The van der Waals surface area contributed by atoms with Crippen molar-refractivity contribution in [2.24, 2.45) is 0 Å². The van der Waals surface area contributed by atoms with Crippen molar-refractivity contribution in [3.8, 4) is 0 Å². The third kappa shape index (κ3) is 8.20. The molecular weight excluding hydrogens is 218 g/mol. The second kappa shape index (κ2) is 8.49. The lowest BCUT2D eigenvalue weighted by Gasteiger charge is -2.14. The number of nitrogens with zero attached hydrogens (tertiary/aromatic N) is 2. The lowest BCUT2D eigenvalue weighted by Crippen LogP contribution is -2.40. The number of carbonyl (C=O) groups is 2. The van der Waals surface area contributed by atoms with E-state index >= 15 is 0 Å². The van der Waals surface area contributed by atoms with E-state index in [1.807, 2.05) is 19.0 Å². The van der Waals surface area contributed by atoms with Crippen LogP contribution < -0.4 is 5.32 Å². The first kappa shape index (κ1) is 16.6. The van der Waals surface area contributed by atoms with Gasteiger partial charge in [0.2, 0.25) is 5.91 Å². The fourth-order valence-electron chi connectivity index (χ4n) is 0.852. The van der Waals surface area contributed by atoms with Crippen LogP contribution in [0.1, 0.15) is 13.3 Å². The molecule has 0 heterocycles. The van der Waals surface area contributed by atoms with Gasteiger partial charge in [0, 0.05) is 20.5 Å². The lowest BCUT2D eigenvalue weighted by atomic mass is 10.4. The highest BCUT2D eigenvalue weighted by Crippen LogP contribution is 1.86. The van der Waals surface area contributed by atoms with Gasteiger partial charge in [-0.3, -0.25) is 9.69 Å². The number of hydrogen-bond donors (Lipinski definition) is 1. The van der Waals surface area contributed by atoms with E-state index in [2.05, 4.69) is 5.32 Å². The third-order valence-electron chi connectivity index (χ3n) is 1.84. The Labute approximate surface area is 97.2 Å². The maximum absolute atomic E-state index is 11.2. The summed E-state index contributed by atoms with van der Waals surface area (Å²) in [5.74, 6) is -0.255. The molecule has 3 amide bonds. The Kier molecular flexibility index (Phi) is 9.41. The minimum Gasteiger partial charge on any atom is -0.338 e. The minimum absolute atomic E-state index is 0. The molecule has 0 aromatic rings. The quantitative estimate of drug-likeness (QED) is 0.727. The number of halogens is 1. The number of hydrogen-bond acceptors (Lipinski definition) is 3. The first-order chi connectivity index (χ1) is 6.45. The van der Waals surface area contributed by atoms with Crippen LogP contribution in [0, 0.1) is 0 Å². The first-order valence-corrected chi connectivity index (χ1v) is 4.62. The van der Waals surface area contributed by atoms with Crippen molar-refractivity contribution >= 4 is 24.3 Å². The molecule has 15 heavy (non-hydrogen) atoms. The summed E-state index contributed by atoms with van der Waals surface area (Å²) in [5, 5.41) is 2.66. The van der Waals surface area contributed by atoms with E-state index < -0.39 is 0 Å². The van der Waals surface area contributed by atoms with Gasteiger partial charge in [-0.15, -0.1) is 12.4 Å². The average Bonchev–Trinajstić information content (AvgIpc) is 2.10. The van der Waals surface area contributed by atoms with Gasteiger partial charge in [0.15, 0.2) is 0 Å². The molecule has 0 fully saturated rings. The van der Waals surface area contributed by atoms with Crippen LogP contribution in [0.5, 0.6) is 0 Å². The zero-order valence-electron chi connectivity index (χ0n) is 9.74. The van der Waals surface area contributed by atoms with Gasteiger partial charge in [-0.2, -0.15) is 0 Å². The summed E-state index contributed by atoms with van der Waals surface area (Å²) >= 11 is 0. The van der Waals surface area contributed by atoms with Crippen molar-refractivity contribution in [3.05, 3.63) is 0 Å². The number of rotatable bonds is 4. The Morgan fingerprint density at radius 2 is 1.73 bits per heavy atom. The van der Waals surface area contributed by atoms with Gasteiger partial charge in [-0.1, -0.05) is 0 Å². The Morgan fingerprint density at radius 3 is 2.13 bits per heavy atom. The highest BCUT2D eigenvalue weighted by Gasteiger charge is 2.10. The predicted molar refractivity (Wildman–Crippen MR) is 62.3 cm³/mol. The van der Waals surface area contributed by atoms with Crippen molar-refractivity contribution in [2.45, 2.75) is 13.3 Å². The van der Waals surface area contributed by atoms with E-state index in [4.69, 9.17) is 0 Å². The number of amides is 3. The summed E-state index contributed by atoms with van der Waals surface area (Å²) in [4.78, 5) is 25.1. The summed E-state index contributed by atoms with van der Waals surface area (Å²) in [6.07, 6.45) is 0.879. The molecule has 0 spiro atoms. The summed E-state index contributed by atoms with van der Waals surface area (Å²) in [6.45, 7) is 2.87. The number of urea groups is 1. The fraction of sp³-hybridized carbons (Fsp3) is 0.778.